The Morgan fingerprint density at radius 2 is 1.38 bits per heavy atom. The summed E-state index contributed by atoms with van der Waals surface area (Å²) in [6, 6.07) is 0. The highest BCUT2D eigenvalue weighted by Crippen LogP contribution is 2.19. The second kappa shape index (κ2) is 5.47. The van der Waals surface area contributed by atoms with Crippen LogP contribution in [0.5, 0.6) is 0 Å². The fourth-order valence-electron chi connectivity index (χ4n) is 0.796. The molecule has 0 spiro atoms. The molecule has 0 aromatic heterocycles. The lowest BCUT2D eigenvalue weighted by molar-refractivity contribution is -0.0358. The first-order chi connectivity index (χ1) is 7.34. The molecule has 0 saturated heterocycles. The fraction of sp³-hybridized carbons (Fsp3) is 0.615. The van der Waals surface area contributed by atoms with Crippen LogP contribution in [0.15, 0.2) is 0 Å². The third kappa shape index (κ3) is 3.87. The van der Waals surface area contributed by atoms with Crippen LogP contribution in [0.25, 0.3) is 0 Å². The zero-order valence-corrected chi connectivity index (χ0v) is 10.3. The van der Waals surface area contributed by atoms with Gasteiger partial charge in [0.1, 0.15) is 0 Å². The van der Waals surface area contributed by atoms with Crippen molar-refractivity contribution in [3.63, 3.8) is 0 Å². The first kappa shape index (κ1) is 14.4. The molecule has 0 heterocycles. The highest BCUT2D eigenvalue weighted by molar-refractivity contribution is 5.62. The molecule has 16 heavy (non-hydrogen) atoms. The largest absolute Gasteiger partial charge is 0.511 e. The molecule has 3 heteroatoms. The number of hydrogen-bond donors (Lipinski definition) is 0. The molecule has 2 unspecified atom stereocenters. The Morgan fingerprint density at radius 3 is 1.56 bits per heavy atom. The summed E-state index contributed by atoms with van der Waals surface area (Å²) in [5, 5.41) is 0. The summed E-state index contributed by atoms with van der Waals surface area (Å²) in [5.41, 5.74) is -1.89. The van der Waals surface area contributed by atoms with E-state index in [1.165, 1.54) is 0 Å². The van der Waals surface area contributed by atoms with Gasteiger partial charge >= 0.3 is 6.16 Å². The molecule has 0 fully saturated rings. The third-order valence-electron chi connectivity index (χ3n) is 2.58. The highest BCUT2D eigenvalue weighted by Gasteiger charge is 2.30. The summed E-state index contributed by atoms with van der Waals surface area (Å²) < 4.78 is 10.1. The highest BCUT2D eigenvalue weighted by atomic mass is 16.7. The Morgan fingerprint density at radius 1 is 1.06 bits per heavy atom. The van der Waals surface area contributed by atoms with Crippen LogP contribution >= 0.6 is 0 Å². The van der Waals surface area contributed by atoms with Crippen molar-refractivity contribution >= 4 is 6.16 Å². The van der Waals surface area contributed by atoms with Crippen LogP contribution in [0.3, 0.4) is 0 Å². The van der Waals surface area contributed by atoms with E-state index in [2.05, 4.69) is 11.8 Å². The molecule has 0 saturated carbocycles. The first-order valence-electron chi connectivity index (χ1n) is 5.22. The molecule has 2 atom stereocenters. The van der Waals surface area contributed by atoms with Crippen molar-refractivity contribution in [2.45, 2.75) is 51.7 Å². The van der Waals surface area contributed by atoms with Crippen molar-refractivity contribution in [2.24, 2.45) is 0 Å². The molecule has 0 bridgehead atoms. The van der Waals surface area contributed by atoms with Gasteiger partial charge in [0.2, 0.25) is 0 Å². The number of terminal acetylenes is 2. The van der Waals surface area contributed by atoms with Crippen molar-refractivity contribution in [2.75, 3.05) is 0 Å². The van der Waals surface area contributed by atoms with Gasteiger partial charge in [-0.2, -0.15) is 0 Å². The average molecular weight is 222 g/mol. The van der Waals surface area contributed by atoms with E-state index >= 15 is 0 Å². The molecule has 0 aliphatic heterocycles. The summed E-state index contributed by atoms with van der Waals surface area (Å²) >= 11 is 0. The van der Waals surface area contributed by atoms with E-state index < -0.39 is 17.4 Å². The molecule has 0 aromatic rings. The number of carbonyl (C=O) groups excluding carboxylic acids is 1. The zero-order valence-electron chi connectivity index (χ0n) is 10.3. The summed E-state index contributed by atoms with van der Waals surface area (Å²) in [6.45, 7) is 6.95. The Bertz CT molecular complexity index is 302. The number of rotatable bonds is 4. The molecule has 0 radical (unpaired) electrons. The number of ether oxygens (including phenoxy) is 2. The van der Waals surface area contributed by atoms with Crippen LogP contribution < -0.4 is 0 Å². The molecule has 0 N–H and O–H groups in total. The Balaban J connectivity index is 4.53. The van der Waals surface area contributed by atoms with Gasteiger partial charge in [0.15, 0.2) is 11.2 Å². The van der Waals surface area contributed by atoms with E-state index in [0.717, 1.165) is 0 Å². The standard InChI is InChI=1S/C13H18O3/c1-7-12(5,8-2)15-11(14)16-13(6,9-3)10-4/h1,3H,8,10H2,2,4-6H3. The van der Waals surface area contributed by atoms with Gasteiger partial charge in [-0.15, -0.1) is 12.8 Å². The lowest BCUT2D eigenvalue weighted by Crippen LogP contribution is -2.35. The smallest absolute Gasteiger partial charge is 0.415 e. The molecule has 88 valence electrons. The van der Waals surface area contributed by atoms with Crippen molar-refractivity contribution in [1.29, 1.82) is 0 Å². The van der Waals surface area contributed by atoms with Crippen LogP contribution in [-0.2, 0) is 9.47 Å². The maximum Gasteiger partial charge on any atom is 0.511 e. The summed E-state index contributed by atoms with van der Waals surface area (Å²) in [4.78, 5) is 11.5. The molecule has 3 nitrogen and oxygen atoms in total. The molecular formula is C13H18O3. The monoisotopic (exact) mass is 222 g/mol. The predicted octanol–water partition coefficient (Wildman–Crippen LogP) is 2.74. The van der Waals surface area contributed by atoms with Crippen LogP contribution in [0, 0.1) is 24.7 Å². The Hall–Kier alpha value is -1.61. The fourth-order valence-corrected chi connectivity index (χ4v) is 0.796. The molecule has 0 amide bonds. The van der Waals surface area contributed by atoms with Crippen LogP contribution in [-0.4, -0.2) is 17.4 Å². The van der Waals surface area contributed by atoms with Crippen molar-refractivity contribution < 1.29 is 14.3 Å². The summed E-state index contributed by atoms with van der Waals surface area (Å²) in [6.07, 6.45) is 10.7. The van der Waals surface area contributed by atoms with Gasteiger partial charge in [-0.05, 0) is 26.7 Å². The minimum atomic E-state index is -0.944. The number of carbonyl (C=O) groups is 1. The van der Waals surface area contributed by atoms with Gasteiger partial charge in [0.05, 0.1) is 0 Å². The van der Waals surface area contributed by atoms with Crippen molar-refractivity contribution in [1.82, 2.24) is 0 Å². The normalized spacial score (nSPS) is 17.1. The van der Waals surface area contributed by atoms with Gasteiger partial charge in [-0.3, -0.25) is 0 Å². The van der Waals surface area contributed by atoms with Gasteiger partial charge in [0.25, 0.3) is 0 Å². The second-order valence-electron chi connectivity index (χ2n) is 3.91. The summed E-state index contributed by atoms with van der Waals surface area (Å²) in [7, 11) is 0. The van der Waals surface area contributed by atoms with Crippen molar-refractivity contribution in [3.8, 4) is 24.7 Å². The quantitative estimate of drug-likeness (QED) is 0.542. The second-order valence-corrected chi connectivity index (χ2v) is 3.91. The zero-order chi connectivity index (χ0) is 12.8. The van der Waals surface area contributed by atoms with Gasteiger partial charge < -0.3 is 9.47 Å². The lowest BCUT2D eigenvalue weighted by atomic mass is 10.1. The SMILES string of the molecule is C#CC(C)(CC)OC(=O)OC(C)(C#C)CC. The molecule has 0 rings (SSSR count). The maximum absolute atomic E-state index is 11.5. The van der Waals surface area contributed by atoms with E-state index in [4.69, 9.17) is 22.3 Å². The predicted molar refractivity (Wildman–Crippen MR) is 62.6 cm³/mol. The van der Waals surface area contributed by atoms with Crippen LogP contribution in [0.1, 0.15) is 40.5 Å². The van der Waals surface area contributed by atoms with E-state index in [-0.39, 0.29) is 0 Å². The Labute approximate surface area is 97.5 Å². The van der Waals surface area contributed by atoms with Gasteiger partial charge in [-0.25, -0.2) is 4.79 Å². The molecule has 0 aliphatic rings. The molecule has 0 aromatic carbocycles. The van der Waals surface area contributed by atoms with Crippen LogP contribution in [0.4, 0.5) is 4.79 Å². The van der Waals surface area contributed by atoms with E-state index in [0.29, 0.717) is 12.8 Å². The van der Waals surface area contributed by atoms with Crippen molar-refractivity contribution in [3.05, 3.63) is 0 Å². The van der Waals surface area contributed by atoms with Gasteiger partial charge in [-0.1, -0.05) is 25.7 Å². The minimum Gasteiger partial charge on any atom is -0.415 e. The van der Waals surface area contributed by atoms with E-state index in [1.807, 2.05) is 13.8 Å². The van der Waals surface area contributed by atoms with Gasteiger partial charge in [0, 0.05) is 0 Å². The minimum absolute atomic E-state index is 0.511. The van der Waals surface area contributed by atoms with E-state index in [9.17, 15) is 4.79 Å². The van der Waals surface area contributed by atoms with Crippen LogP contribution in [0.2, 0.25) is 0 Å². The lowest BCUT2D eigenvalue weighted by Gasteiger charge is -2.26. The summed E-state index contributed by atoms with van der Waals surface area (Å²) in [5.74, 6) is 4.81. The third-order valence-corrected chi connectivity index (χ3v) is 2.58. The Kier molecular flexibility index (Phi) is 4.92. The average Bonchev–Trinajstić information content (AvgIpc) is 2.28. The number of hydrogen-bond acceptors (Lipinski definition) is 3. The molecule has 0 aliphatic carbocycles. The molecular weight excluding hydrogens is 204 g/mol. The first-order valence-corrected chi connectivity index (χ1v) is 5.22. The maximum atomic E-state index is 11.5. The topological polar surface area (TPSA) is 35.5 Å². The van der Waals surface area contributed by atoms with E-state index in [1.54, 1.807) is 13.8 Å².